The summed E-state index contributed by atoms with van der Waals surface area (Å²) in [6.07, 6.45) is 0. The second kappa shape index (κ2) is 7.23. The van der Waals surface area contributed by atoms with Gasteiger partial charge in [0.1, 0.15) is 0 Å². The molecule has 166 valence electrons. The van der Waals surface area contributed by atoms with E-state index in [1.807, 2.05) is 22.7 Å². The van der Waals surface area contributed by atoms with Crippen LogP contribution in [0.25, 0.3) is 61.2 Å². The van der Waals surface area contributed by atoms with Crippen LogP contribution in [0.1, 0.15) is 9.75 Å². The lowest BCUT2D eigenvalue weighted by Gasteiger charge is -1.96. The number of hydrogen-bond acceptors (Lipinski definition) is 8. The molecule has 4 nitrogen and oxygen atoms in total. The minimum atomic E-state index is 0.855. The molecule has 0 spiro atoms. The highest BCUT2D eigenvalue weighted by Gasteiger charge is 2.20. The van der Waals surface area contributed by atoms with Crippen molar-refractivity contribution in [2.24, 2.45) is 21.9 Å². The van der Waals surface area contributed by atoms with Gasteiger partial charge in [0.05, 0.1) is 10.7 Å². The first-order valence-electron chi connectivity index (χ1n) is 10.7. The van der Waals surface area contributed by atoms with Crippen LogP contribution in [0.15, 0.2) is 58.7 Å². The maximum absolute atomic E-state index is 5.95. The summed E-state index contributed by atoms with van der Waals surface area (Å²) < 4.78 is 2.42. The van der Waals surface area contributed by atoms with E-state index in [2.05, 4.69) is 72.6 Å². The van der Waals surface area contributed by atoms with Crippen molar-refractivity contribution in [2.45, 2.75) is 13.8 Å². The van der Waals surface area contributed by atoms with E-state index in [1.54, 1.807) is 22.7 Å². The minimum Gasteiger partial charge on any atom is -0.323 e. The van der Waals surface area contributed by atoms with Crippen molar-refractivity contribution in [1.29, 1.82) is 0 Å². The molecule has 0 saturated carbocycles. The first kappa shape index (κ1) is 20.3. The van der Waals surface area contributed by atoms with E-state index in [0.29, 0.717) is 0 Å². The fraction of sp³-hybridized carbons (Fsp3) is 0.0769. The Balaban J connectivity index is 1.55. The van der Waals surface area contributed by atoms with E-state index < -0.39 is 0 Å². The minimum absolute atomic E-state index is 0.855. The van der Waals surface area contributed by atoms with Gasteiger partial charge in [0.2, 0.25) is 0 Å². The molecule has 7 aromatic rings. The third-order valence-corrected chi connectivity index (χ3v) is 11.1. The molecule has 4 heterocycles. The third-order valence-electron chi connectivity index (χ3n) is 6.36. The molecule has 0 aliphatic carbocycles. The first-order valence-corrected chi connectivity index (χ1v) is 14.0. The van der Waals surface area contributed by atoms with Crippen molar-refractivity contribution in [3.8, 4) is 19.5 Å². The lowest BCUT2D eigenvalue weighted by Crippen LogP contribution is -2.04. The van der Waals surface area contributed by atoms with Crippen molar-refractivity contribution in [2.75, 3.05) is 0 Å². The molecule has 0 bridgehead atoms. The molecule has 7 rings (SSSR count). The van der Waals surface area contributed by atoms with Crippen molar-refractivity contribution >= 4 is 87.1 Å². The standard InChI is InChI=1S/C26H18N4S4/c1-11-3-5-19(31-11)21-9-17-23(29-27)13-8-16-14(7-15(13)25(17)33-21)24(30-28)18-10-22(34-26(16)18)20-6-4-12(2)32-20/h3-10H,27-28H2,1-2H3/b29-23+,30-24+. The van der Waals surface area contributed by atoms with Gasteiger partial charge in [0.15, 0.2) is 0 Å². The van der Waals surface area contributed by atoms with Crippen LogP contribution in [0, 0.1) is 13.8 Å². The smallest absolute Gasteiger partial charge is 0.0993 e. The lowest BCUT2D eigenvalue weighted by molar-refractivity contribution is 1.17. The summed E-state index contributed by atoms with van der Waals surface area (Å²) in [6.45, 7) is 4.27. The fourth-order valence-corrected chi connectivity index (χ4v) is 9.12. The number of rotatable bonds is 2. The number of hydrogen-bond donors (Lipinski definition) is 2. The predicted octanol–water partition coefficient (Wildman–Crippen LogP) is 6.92. The fourth-order valence-electron chi connectivity index (χ4n) is 4.85. The summed E-state index contributed by atoms with van der Waals surface area (Å²) in [7, 11) is 0. The highest BCUT2D eigenvalue weighted by molar-refractivity contribution is 7.27. The van der Waals surface area contributed by atoms with E-state index in [1.165, 1.54) is 38.7 Å². The molecule has 0 atom stereocenters. The van der Waals surface area contributed by atoms with Gasteiger partial charge in [0.25, 0.3) is 0 Å². The van der Waals surface area contributed by atoms with Crippen molar-refractivity contribution in [3.63, 3.8) is 0 Å². The van der Waals surface area contributed by atoms with Gasteiger partial charge in [-0.15, -0.1) is 45.3 Å². The molecule has 0 aliphatic rings. The first-order chi connectivity index (χ1) is 16.6. The van der Waals surface area contributed by atoms with Gasteiger partial charge in [-0.3, -0.25) is 0 Å². The molecule has 0 radical (unpaired) electrons. The molecule has 0 saturated heterocycles. The van der Waals surface area contributed by atoms with Gasteiger partial charge in [-0.25, -0.2) is 0 Å². The van der Waals surface area contributed by atoms with Crippen molar-refractivity contribution < 1.29 is 0 Å². The van der Waals surface area contributed by atoms with Crippen LogP contribution in [0.4, 0.5) is 0 Å². The summed E-state index contributed by atoms with van der Waals surface area (Å²) in [6, 6.07) is 17.6. The van der Waals surface area contributed by atoms with Crippen LogP contribution >= 0.6 is 45.3 Å². The second-order valence-electron chi connectivity index (χ2n) is 8.43. The topological polar surface area (TPSA) is 76.8 Å². The average Bonchev–Trinajstić information content (AvgIpc) is 3.63. The normalized spacial score (nSPS) is 13.6. The van der Waals surface area contributed by atoms with E-state index in [-0.39, 0.29) is 0 Å². The molecule has 0 aliphatic heterocycles. The van der Waals surface area contributed by atoms with E-state index in [0.717, 1.165) is 43.0 Å². The van der Waals surface area contributed by atoms with Gasteiger partial charge in [0, 0.05) is 71.0 Å². The SMILES string of the molecule is Cc1ccc(-c2cc3/c(=N/N)c4cc5c(cc4c3s2)/c(=N\N)c2cc(-c3ccc(C)s3)sc25)s1. The summed E-state index contributed by atoms with van der Waals surface area (Å²) in [5.74, 6) is 11.9. The highest BCUT2D eigenvalue weighted by Crippen LogP contribution is 2.43. The summed E-state index contributed by atoms with van der Waals surface area (Å²) in [5, 5.41) is 16.9. The van der Waals surface area contributed by atoms with Gasteiger partial charge in [-0.05, 0) is 62.4 Å². The number of benzene rings is 1. The summed E-state index contributed by atoms with van der Waals surface area (Å²) >= 11 is 7.22. The van der Waals surface area contributed by atoms with Crippen molar-refractivity contribution in [3.05, 3.63) is 69.0 Å². The molecule has 4 N–H and O–H groups in total. The van der Waals surface area contributed by atoms with Crippen LogP contribution in [-0.4, -0.2) is 0 Å². The zero-order valence-corrected chi connectivity index (χ0v) is 21.6. The van der Waals surface area contributed by atoms with E-state index >= 15 is 0 Å². The summed E-state index contributed by atoms with van der Waals surface area (Å²) in [5.41, 5.74) is 0. The molecule has 0 fully saturated rings. The Morgan fingerprint density at radius 1 is 0.500 bits per heavy atom. The Morgan fingerprint density at radius 2 is 0.941 bits per heavy atom. The van der Waals surface area contributed by atoms with E-state index in [4.69, 9.17) is 11.7 Å². The number of thiophene rings is 4. The maximum atomic E-state index is 5.95. The number of nitrogens with two attached hydrogens (primary N) is 2. The Kier molecular flexibility index (Phi) is 4.32. The van der Waals surface area contributed by atoms with Crippen LogP contribution in [0.5, 0.6) is 0 Å². The average molecular weight is 515 g/mol. The van der Waals surface area contributed by atoms with Crippen LogP contribution in [0.2, 0.25) is 0 Å². The molecule has 8 heteroatoms. The lowest BCUT2D eigenvalue weighted by atomic mass is 10.1. The zero-order chi connectivity index (χ0) is 23.1. The van der Waals surface area contributed by atoms with Gasteiger partial charge < -0.3 is 11.7 Å². The highest BCUT2D eigenvalue weighted by atomic mass is 32.1. The number of fused-ring (bicyclic) bond motifs is 6. The van der Waals surface area contributed by atoms with Crippen molar-refractivity contribution in [1.82, 2.24) is 0 Å². The van der Waals surface area contributed by atoms with Gasteiger partial charge >= 0.3 is 0 Å². The van der Waals surface area contributed by atoms with Crippen LogP contribution < -0.4 is 22.4 Å². The van der Waals surface area contributed by atoms with Gasteiger partial charge in [-0.2, -0.15) is 10.2 Å². The Bertz CT molecular complexity index is 1870. The molecule has 4 aromatic heterocycles. The van der Waals surface area contributed by atoms with E-state index in [9.17, 15) is 0 Å². The molecule has 0 amide bonds. The van der Waals surface area contributed by atoms with Crippen LogP contribution in [-0.2, 0) is 0 Å². The number of aryl methyl sites for hydroxylation is 2. The molecular weight excluding hydrogens is 497 g/mol. The second-order valence-corrected chi connectivity index (χ2v) is 13.1. The molecule has 0 unspecified atom stereocenters. The molecule has 34 heavy (non-hydrogen) atoms. The van der Waals surface area contributed by atoms with Gasteiger partial charge in [-0.1, -0.05) is 0 Å². The quantitative estimate of drug-likeness (QED) is 0.194. The molecular formula is C26H18N4S4. The largest absolute Gasteiger partial charge is 0.323 e. The zero-order valence-electron chi connectivity index (χ0n) is 18.3. The number of nitrogens with zero attached hydrogens (tertiary/aromatic N) is 2. The predicted molar refractivity (Wildman–Crippen MR) is 150 cm³/mol. The Morgan fingerprint density at radius 3 is 1.29 bits per heavy atom. The Labute approximate surface area is 210 Å². The van der Waals surface area contributed by atoms with Crippen LogP contribution in [0.3, 0.4) is 0 Å². The monoisotopic (exact) mass is 514 g/mol. The Hall–Kier alpha value is -3.04. The maximum Gasteiger partial charge on any atom is 0.0993 e. The third kappa shape index (κ3) is 2.74. The summed E-state index contributed by atoms with van der Waals surface area (Å²) in [4.78, 5) is 7.66. The molecule has 3 aromatic carbocycles.